The van der Waals surface area contributed by atoms with Gasteiger partial charge in [0, 0.05) is 16.1 Å². The number of halogens is 2. The molecule has 0 aromatic heterocycles. The van der Waals surface area contributed by atoms with E-state index in [-0.39, 0.29) is 0 Å². The van der Waals surface area contributed by atoms with E-state index in [4.69, 9.17) is 23.2 Å². The summed E-state index contributed by atoms with van der Waals surface area (Å²) >= 11 is 12.5. The quantitative estimate of drug-likeness (QED) is 0.818. The lowest BCUT2D eigenvalue weighted by molar-refractivity contribution is 0.556. The molecule has 0 heterocycles. The fourth-order valence-corrected chi connectivity index (χ4v) is 3.27. The first kappa shape index (κ1) is 16.4. The minimum Gasteiger partial charge on any atom is -0.316 e. The summed E-state index contributed by atoms with van der Waals surface area (Å²) in [6, 6.07) is 12.7. The summed E-state index contributed by atoms with van der Waals surface area (Å²) in [5.41, 5.74) is 4.96. The zero-order valence-corrected chi connectivity index (χ0v) is 14.2. The van der Waals surface area contributed by atoms with Crippen LogP contribution in [0, 0.1) is 13.8 Å². The maximum absolute atomic E-state index is 6.27. The maximum Gasteiger partial charge on any atom is 0.0453 e. The molecule has 0 aliphatic carbocycles. The zero-order chi connectivity index (χ0) is 15.4. The van der Waals surface area contributed by atoms with Crippen molar-refractivity contribution in [3.8, 4) is 0 Å². The molecule has 0 aliphatic heterocycles. The van der Waals surface area contributed by atoms with Crippen LogP contribution in [0.25, 0.3) is 0 Å². The summed E-state index contributed by atoms with van der Waals surface area (Å²) in [5.74, 6) is 0. The largest absolute Gasteiger partial charge is 0.316 e. The summed E-state index contributed by atoms with van der Waals surface area (Å²) in [6.45, 7) is 4.27. The first-order valence-corrected chi connectivity index (χ1v) is 7.92. The number of hydrogen-bond donors (Lipinski definition) is 1. The molecule has 0 aliphatic rings. The molecule has 0 amide bonds. The van der Waals surface area contributed by atoms with Crippen LogP contribution in [0.5, 0.6) is 0 Å². The molecule has 1 nitrogen and oxygen atoms in total. The lowest BCUT2D eigenvalue weighted by Crippen LogP contribution is -2.30. The van der Waals surface area contributed by atoms with E-state index in [0.29, 0.717) is 6.04 Å². The number of aryl methyl sites for hydroxylation is 2. The second-order valence-corrected chi connectivity index (χ2v) is 6.40. The molecule has 2 aromatic rings. The highest BCUT2D eigenvalue weighted by molar-refractivity contribution is 6.36. The van der Waals surface area contributed by atoms with E-state index >= 15 is 0 Å². The van der Waals surface area contributed by atoms with E-state index in [1.54, 1.807) is 0 Å². The number of nitrogens with one attached hydrogen (secondary N) is 1. The lowest BCUT2D eigenvalue weighted by Gasteiger charge is -2.18. The van der Waals surface area contributed by atoms with Gasteiger partial charge in [0.1, 0.15) is 0 Å². The highest BCUT2D eigenvalue weighted by Gasteiger charge is 2.13. The van der Waals surface area contributed by atoms with E-state index in [1.165, 1.54) is 16.7 Å². The molecule has 0 saturated heterocycles. The third kappa shape index (κ3) is 4.47. The number of benzene rings is 2. The van der Waals surface area contributed by atoms with Crippen molar-refractivity contribution >= 4 is 23.2 Å². The van der Waals surface area contributed by atoms with E-state index in [2.05, 4.69) is 37.4 Å². The first-order chi connectivity index (χ1) is 9.99. The Kier molecular flexibility index (Phi) is 5.69. The van der Waals surface area contributed by atoms with Crippen molar-refractivity contribution in [3.63, 3.8) is 0 Å². The SMILES string of the molecule is CNC(Cc1cc(C)cc(C)c1)Cc1c(Cl)cccc1Cl. The van der Waals surface area contributed by atoms with Gasteiger partial charge in [0.25, 0.3) is 0 Å². The van der Waals surface area contributed by atoms with E-state index in [0.717, 1.165) is 28.5 Å². The van der Waals surface area contributed by atoms with Gasteiger partial charge in [-0.05, 0) is 57.0 Å². The predicted octanol–water partition coefficient (Wildman–Crippen LogP) is 4.98. The molecule has 2 rings (SSSR count). The second-order valence-electron chi connectivity index (χ2n) is 5.59. The Bertz CT molecular complexity index is 582. The molecule has 1 unspecified atom stereocenters. The van der Waals surface area contributed by atoms with Gasteiger partial charge in [-0.25, -0.2) is 0 Å². The van der Waals surface area contributed by atoms with Gasteiger partial charge in [0.2, 0.25) is 0 Å². The number of rotatable bonds is 5. The maximum atomic E-state index is 6.27. The van der Waals surface area contributed by atoms with Crippen LogP contribution in [0.1, 0.15) is 22.3 Å². The van der Waals surface area contributed by atoms with Crippen LogP contribution < -0.4 is 5.32 Å². The molecular formula is C18H21Cl2N. The van der Waals surface area contributed by atoms with Gasteiger partial charge < -0.3 is 5.32 Å². The Morgan fingerprint density at radius 2 is 1.52 bits per heavy atom. The van der Waals surface area contributed by atoms with Crippen LogP contribution in [0.3, 0.4) is 0 Å². The van der Waals surface area contributed by atoms with Gasteiger partial charge in [-0.1, -0.05) is 58.6 Å². The zero-order valence-electron chi connectivity index (χ0n) is 12.7. The van der Waals surface area contributed by atoms with Crippen molar-refractivity contribution in [1.82, 2.24) is 5.32 Å². The smallest absolute Gasteiger partial charge is 0.0453 e. The minimum absolute atomic E-state index is 0.309. The van der Waals surface area contributed by atoms with Crippen LogP contribution >= 0.6 is 23.2 Å². The topological polar surface area (TPSA) is 12.0 Å². The van der Waals surface area contributed by atoms with Gasteiger partial charge in [-0.3, -0.25) is 0 Å². The molecule has 0 radical (unpaired) electrons. The molecule has 2 aromatic carbocycles. The van der Waals surface area contributed by atoms with Crippen LogP contribution in [0.15, 0.2) is 36.4 Å². The summed E-state index contributed by atoms with van der Waals surface area (Å²) < 4.78 is 0. The predicted molar refractivity (Wildman–Crippen MR) is 92.6 cm³/mol. The fraction of sp³-hybridized carbons (Fsp3) is 0.333. The van der Waals surface area contributed by atoms with Crippen molar-refractivity contribution in [3.05, 3.63) is 68.7 Å². The average Bonchev–Trinajstić information content (AvgIpc) is 2.40. The monoisotopic (exact) mass is 321 g/mol. The second kappa shape index (κ2) is 7.31. The Balaban J connectivity index is 2.17. The van der Waals surface area contributed by atoms with Crippen molar-refractivity contribution in [2.45, 2.75) is 32.7 Å². The normalized spacial score (nSPS) is 12.4. The van der Waals surface area contributed by atoms with Gasteiger partial charge in [-0.2, -0.15) is 0 Å². The van der Waals surface area contributed by atoms with Crippen molar-refractivity contribution < 1.29 is 0 Å². The van der Waals surface area contributed by atoms with Crippen LogP contribution in [-0.4, -0.2) is 13.1 Å². The molecule has 0 fully saturated rings. The van der Waals surface area contributed by atoms with Gasteiger partial charge in [0.05, 0.1) is 0 Å². The molecule has 112 valence electrons. The summed E-state index contributed by atoms with van der Waals surface area (Å²) in [4.78, 5) is 0. The van der Waals surface area contributed by atoms with Gasteiger partial charge in [0.15, 0.2) is 0 Å². The Labute approximate surface area is 137 Å². The highest BCUT2D eigenvalue weighted by atomic mass is 35.5. The van der Waals surface area contributed by atoms with Crippen LogP contribution in [0.4, 0.5) is 0 Å². The molecule has 0 saturated carbocycles. The summed E-state index contributed by atoms with van der Waals surface area (Å²) in [5, 5.41) is 4.85. The number of likely N-dealkylation sites (N-methyl/N-ethyl adjacent to an activating group) is 1. The summed E-state index contributed by atoms with van der Waals surface area (Å²) in [6.07, 6.45) is 1.78. The van der Waals surface area contributed by atoms with E-state index in [9.17, 15) is 0 Å². The van der Waals surface area contributed by atoms with Crippen molar-refractivity contribution in [2.24, 2.45) is 0 Å². The van der Waals surface area contributed by atoms with E-state index < -0.39 is 0 Å². The summed E-state index contributed by atoms with van der Waals surface area (Å²) in [7, 11) is 1.98. The highest BCUT2D eigenvalue weighted by Crippen LogP contribution is 2.26. The molecule has 0 bridgehead atoms. The minimum atomic E-state index is 0.309. The molecular weight excluding hydrogens is 301 g/mol. The Morgan fingerprint density at radius 1 is 0.952 bits per heavy atom. The van der Waals surface area contributed by atoms with Crippen molar-refractivity contribution in [2.75, 3.05) is 7.05 Å². The third-order valence-corrected chi connectivity index (χ3v) is 4.39. The molecule has 1 N–H and O–H groups in total. The number of hydrogen-bond acceptors (Lipinski definition) is 1. The standard InChI is InChI=1S/C18H21Cl2N/c1-12-7-13(2)9-14(8-12)10-15(21-3)11-16-17(19)5-4-6-18(16)20/h4-9,15,21H,10-11H2,1-3H3. The molecule has 3 heteroatoms. The molecule has 21 heavy (non-hydrogen) atoms. The van der Waals surface area contributed by atoms with Crippen molar-refractivity contribution in [1.29, 1.82) is 0 Å². The first-order valence-electron chi connectivity index (χ1n) is 7.17. The lowest BCUT2D eigenvalue weighted by atomic mass is 9.97. The molecule has 1 atom stereocenters. The fourth-order valence-electron chi connectivity index (χ4n) is 2.72. The average molecular weight is 322 g/mol. The Hall–Kier alpha value is -1.02. The van der Waals surface area contributed by atoms with Gasteiger partial charge in [-0.15, -0.1) is 0 Å². The van der Waals surface area contributed by atoms with E-state index in [1.807, 2.05) is 25.2 Å². The van der Waals surface area contributed by atoms with Gasteiger partial charge >= 0.3 is 0 Å². The third-order valence-electron chi connectivity index (χ3n) is 3.68. The molecule has 0 spiro atoms. The Morgan fingerprint density at radius 3 is 2.05 bits per heavy atom. The van der Waals surface area contributed by atoms with Crippen LogP contribution in [0.2, 0.25) is 10.0 Å². The van der Waals surface area contributed by atoms with Crippen LogP contribution in [-0.2, 0) is 12.8 Å².